The molecular weight excluding hydrogens is 331 g/mol. The third-order valence-corrected chi connectivity index (χ3v) is 3.88. The van der Waals surface area contributed by atoms with Gasteiger partial charge in [0.1, 0.15) is 11.7 Å². The van der Waals surface area contributed by atoms with Crippen LogP contribution in [-0.2, 0) is 0 Å². The highest BCUT2D eigenvalue weighted by atomic mass is 19.4. The largest absolute Gasteiger partial charge is 0.408 e. The van der Waals surface area contributed by atoms with Crippen LogP contribution in [0.25, 0.3) is 11.2 Å². The van der Waals surface area contributed by atoms with E-state index in [1.165, 1.54) is 6.20 Å². The molecular formula is C17H16F3N5. The molecule has 3 aromatic heterocycles. The molecule has 0 fully saturated rings. The van der Waals surface area contributed by atoms with Crippen LogP contribution in [0.3, 0.4) is 0 Å². The number of pyridine rings is 1. The Morgan fingerprint density at radius 2 is 2.04 bits per heavy atom. The standard InChI is InChI=1S/C17H16F3N5/c1-10(13-4-5-15-21-6-7-25(15)9-13)14-8-22-16(23-11(14)2)24-12(3)17(18,19)20/h4-9,12H,1H2,2-3H3,(H,22,23,24)/t12-/m1/s1. The van der Waals surface area contributed by atoms with Crippen molar-refractivity contribution in [3.05, 3.63) is 60.3 Å². The number of fused-ring (bicyclic) bond motifs is 1. The van der Waals surface area contributed by atoms with Gasteiger partial charge < -0.3 is 9.72 Å². The van der Waals surface area contributed by atoms with Crippen molar-refractivity contribution in [2.75, 3.05) is 5.32 Å². The Hall–Kier alpha value is -2.90. The van der Waals surface area contributed by atoms with E-state index in [2.05, 4.69) is 26.8 Å². The first-order valence-electron chi connectivity index (χ1n) is 7.55. The molecule has 1 atom stereocenters. The average Bonchev–Trinajstić information content (AvgIpc) is 3.01. The fourth-order valence-corrected chi connectivity index (χ4v) is 2.36. The van der Waals surface area contributed by atoms with Gasteiger partial charge in [0.25, 0.3) is 0 Å². The van der Waals surface area contributed by atoms with E-state index in [1.54, 1.807) is 13.1 Å². The normalized spacial score (nSPS) is 13.0. The minimum Gasteiger partial charge on any atom is -0.343 e. The minimum atomic E-state index is -4.36. The molecule has 0 amide bonds. The first-order valence-corrected chi connectivity index (χ1v) is 7.55. The number of nitrogens with one attached hydrogen (secondary N) is 1. The number of imidazole rings is 1. The first-order chi connectivity index (χ1) is 11.8. The molecule has 5 nitrogen and oxygen atoms in total. The van der Waals surface area contributed by atoms with Crippen LogP contribution in [0.5, 0.6) is 0 Å². The maximum atomic E-state index is 12.6. The van der Waals surface area contributed by atoms with Crippen molar-refractivity contribution >= 4 is 17.2 Å². The van der Waals surface area contributed by atoms with Crippen molar-refractivity contribution < 1.29 is 13.2 Å². The SMILES string of the molecule is C=C(c1ccc2nccn2c1)c1cnc(N[C@H](C)C(F)(F)F)nc1C. The van der Waals surface area contributed by atoms with Gasteiger partial charge in [-0.15, -0.1) is 0 Å². The molecule has 0 aliphatic carbocycles. The second kappa shape index (κ2) is 6.19. The highest BCUT2D eigenvalue weighted by Gasteiger charge is 2.36. The van der Waals surface area contributed by atoms with Gasteiger partial charge in [-0.2, -0.15) is 13.2 Å². The summed E-state index contributed by atoms with van der Waals surface area (Å²) in [5.41, 5.74) is 3.56. The number of hydrogen-bond acceptors (Lipinski definition) is 4. The van der Waals surface area contributed by atoms with E-state index < -0.39 is 12.2 Å². The van der Waals surface area contributed by atoms with Gasteiger partial charge in [0, 0.05) is 30.4 Å². The summed E-state index contributed by atoms with van der Waals surface area (Å²) in [6.07, 6.45) is 2.51. The summed E-state index contributed by atoms with van der Waals surface area (Å²) in [7, 11) is 0. The number of anilines is 1. The van der Waals surface area contributed by atoms with Gasteiger partial charge >= 0.3 is 6.18 Å². The Kier molecular flexibility index (Phi) is 4.20. The lowest BCUT2D eigenvalue weighted by atomic mass is 10.0. The van der Waals surface area contributed by atoms with Crippen molar-refractivity contribution in [3.63, 3.8) is 0 Å². The van der Waals surface area contributed by atoms with Crippen LogP contribution in [0.15, 0.2) is 43.5 Å². The number of hydrogen-bond donors (Lipinski definition) is 1. The zero-order valence-electron chi connectivity index (χ0n) is 13.7. The fourth-order valence-electron chi connectivity index (χ4n) is 2.36. The zero-order chi connectivity index (χ0) is 18.2. The molecule has 0 saturated carbocycles. The lowest BCUT2D eigenvalue weighted by Gasteiger charge is -2.18. The lowest BCUT2D eigenvalue weighted by Crippen LogP contribution is -2.33. The molecule has 1 N–H and O–H groups in total. The van der Waals surface area contributed by atoms with E-state index in [4.69, 9.17) is 0 Å². The third kappa shape index (κ3) is 3.47. The van der Waals surface area contributed by atoms with Gasteiger partial charge in [0.2, 0.25) is 5.95 Å². The summed E-state index contributed by atoms with van der Waals surface area (Å²) in [6.45, 7) is 6.79. The summed E-state index contributed by atoms with van der Waals surface area (Å²) in [6, 6.07) is 2.00. The molecule has 25 heavy (non-hydrogen) atoms. The molecule has 0 aromatic carbocycles. The predicted molar refractivity (Wildman–Crippen MR) is 89.2 cm³/mol. The van der Waals surface area contributed by atoms with Crippen molar-refractivity contribution in [2.45, 2.75) is 26.1 Å². The van der Waals surface area contributed by atoms with Gasteiger partial charge in [0.05, 0.1) is 5.69 Å². The highest BCUT2D eigenvalue weighted by Crippen LogP contribution is 2.25. The van der Waals surface area contributed by atoms with Gasteiger partial charge in [-0.25, -0.2) is 15.0 Å². The van der Waals surface area contributed by atoms with E-state index in [0.29, 0.717) is 16.8 Å². The molecule has 3 aromatic rings. The zero-order valence-corrected chi connectivity index (χ0v) is 13.7. The van der Waals surface area contributed by atoms with Gasteiger partial charge in [0.15, 0.2) is 0 Å². The van der Waals surface area contributed by atoms with Crippen molar-refractivity contribution in [1.29, 1.82) is 0 Å². The molecule has 0 bridgehead atoms. The van der Waals surface area contributed by atoms with Crippen LogP contribution in [-0.4, -0.2) is 31.6 Å². The maximum absolute atomic E-state index is 12.6. The Bertz CT molecular complexity index is 929. The van der Waals surface area contributed by atoms with E-state index in [9.17, 15) is 13.2 Å². The van der Waals surface area contributed by atoms with Crippen LogP contribution in [0.4, 0.5) is 19.1 Å². The maximum Gasteiger partial charge on any atom is 0.408 e. The second-order valence-electron chi connectivity index (χ2n) is 5.69. The van der Waals surface area contributed by atoms with Gasteiger partial charge in [-0.3, -0.25) is 0 Å². The fraction of sp³-hybridized carbons (Fsp3) is 0.235. The molecule has 0 aliphatic heterocycles. The molecule has 0 saturated heterocycles. The van der Waals surface area contributed by atoms with E-state index in [0.717, 1.165) is 18.1 Å². The topological polar surface area (TPSA) is 55.1 Å². The molecule has 3 heterocycles. The molecule has 3 rings (SSSR count). The number of aromatic nitrogens is 4. The van der Waals surface area contributed by atoms with Crippen LogP contribution < -0.4 is 5.32 Å². The molecule has 0 spiro atoms. The van der Waals surface area contributed by atoms with Gasteiger partial charge in [-0.1, -0.05) is 6.58 Å². The highest BCUT2D eigenvalue weighted by molar-refractivity contribution is 5.79. The third-order valence-electron chi connectivity index (χ3n) is 3.88. The smallest absolute Gasteiger partial charge is 0.343 e. The quantitative estimate of drug-likeness (QED) is 0.779. The van der Waals surface area contributed by atoms with Crippen molar-refractivity contribution in [2.24, 2.45) is 0 Å². The lowest BCUT2D eigenvalue weighted by molar-refractivity contribution is -0.138. The Balaban J connectivity index is 1.86. The number of alkyl halides is 3. The second-order valence-corrected chi connectivity index (χ2v) is 5.69. The Labute approximate surface area is 142 Å². The minimum absolute atomic E-state index is 0.0658. The molecule has 0 aliphatic rings. The molecule has 0 radical (unpaired) electrons. The van der Waals surface area contributed by atoms with Crippen LogP contribution >= 0.6 is 0 Å². The monoisotopic (exact) mass is 347 g/mol. The van der Waals surface area contributed by atoms with E-state index in [-0.39, 0.29) is 5.95 Å². The van der Waals surface area contributed by atoms with Crippen LogP contribution in [0.1, 0.15) is 23.7 Å². The van der Waals surface area contributed by atoms with Crippen LogP contribution in [0, 0.1) is 6.92 Å². The van der Waals surface area contributed by atoms with E-state index in [1.807, 2.05) is 28.9 Å². The molecule has 130 valence electrons. The van der Waals surface area contributed by atoms with E-state index >= 15 is 0 Å². The van der Waals surface area contributed by atoms with Crippen molar-refractivity contribution in [3.8, 4) is 0 Å². The molecule has 8 heteroatoms. The van der Waals surface area contributed by atoms with Crippen molar-refractivity contribution in [1.82, 2.24) is 19.4 Å². The summed E-state index contributed by atoms with van der Waals surface area (Å²) in [4.78, 5) is 12.3. The summed E-state index contributed by atoms with van der Waals surface area (Å²) >= 11 is 0. The first kappa shape index (κ1) is 16.9. The average molecular weight is 347 g/mol. The summed E-state index contributed by atoms with van der Waals surface area (Å²) < 4.78 is 39.7. The number of rotatable bonds is 4. The molecule has 0 unspecified atom stereocenters. The Morgan fingerprint density at radius 3 is 2.72 bits per heavy atom. The Morgan fingerprint density at radius 1 is 1.28 bits per heavy atom. The number of nitrogens with zero attached hydrogens (tertiary/aromatic N) is 4. The number of aryl methyl sites for hydroxylation is 1. The van der Waals surface area contributed by atoms with Gasteiger partial charge in [-0.05, 0) is 37.1 Å². The summed E-state index contributed by atoms with van der Waals surface area (Å²) in [5, 5.41) is 2.26. The number of halogens is 3. The summed E-state index contributed by atoms with van der Waals surface area (Å²) in [5.74, 6) is -0.0658. The van der Waals surface area contributed by atoms with Crippen LogP contribution in [0.2, 0.25) is 0 Å². The predicted octanol–water partition coefficient (Wildman–Crippen LogP) is 3.86.